The van der Waals surface area contributed by atoms with Gasteiger partial charge in [0.2, 0.25) is 0 Å². The van der Waals surface area contributed by atoms with Crippen LogP contribution in [-0.2, 0) is 4.74 Å². The molecule has 0 N–H and O–H groups in total. The topological polar surface area (TPSA) is 29.5 Å². The van der Waals surface area contributed by atoms with Crippen LogP contribution in [0.1, 0.15) is 27.7 Å². The van der Waals surface area contributed by atoms with Crippen LogP contribution in [0.25, 0.3) is 0 Å². The maximum Gasteiger partial charge on any atom is 0.367 e. The van der Waals surface area contributed by atoms with Crippen molar-refractivity contribution >= 4 is 17.1 Å². The van der Waals surface area contributed by atoms with Gasteiger partial charge in [-0.2, -0.15) is 0 Å². The molecule has 0 amide bonds. The Balaban J connectivity index is 3.48. The Bertz CT molecular complexity index is 158. The maximum atomic E-state index is 11.1. The summed E-state index contributed by atoms with van der Waals surface area (Å²) in [5, 5.41) is -0.160. The Hall–Kier alpha value is -0.220. The Labute approximate surface area is 91.2 Å². The Kier molecular flexibility index (Phi) is 7.99. The van der Waals surface area contributed by atoms with Gasteiger partial charge < -0.3 is 9.64 Å². The summed E-state index contributed by atoms with van der Waals surface area (Å²) in [6, 6.07) is 0. The molecule has 0 aromatic carbocycles. The molecule has 0 saturated carbocycles. The fourth-order valence-corrected chi connectivity index (χ4v) is 1.80. The van der Waals surface area contributed by atoms with Gasteiger partial charge in [0, 0.05) is 12.3 Å². The first-order valence-corrected chi connectivity index (χ1v) is 6.14. The van der Waals surface area contributed by atoms with Gasteiger partial charge >= 0.3 is 5.30 Å². The number of thioether (sulfide) groups is 1. The molecule has 84 valence electrons. The van der Waals surface area contributed by atoms with Crippen molar-refractivity contribution in [3.63, 3.8) is 0 Å². The smallest absolute Gasteiger partial charge is 0.367 e. The molecular formula is C10H21NO2S. The van der Waals surface area contributed by atoms with E-state index in [-0.39, 0.29) is 11.4 Å². The largest absolute Gasteiger partial charge is 0.455 e. The van der Waals surface area contributed by atoms with E-state index in [1.807, 2.05) is 13.8 Å². The molecule has 0 heterocycles. The summed E-state index contributed by atoms with van der Waals surface area (Å²) < 4.78 is 5.00. The first-order valence-electron chi connectivity index (χ1n) is 5.15. The van der Waals surface area contributed by atoms with E-state index in [0.717, 1.165) is 25.4 Å². The second-order valence-electron chi connectivity index (χ2n) is 3.29. The van der Waals surface area contributed by atoms with Crippen molar-refractivity contribution in [2.75, 3.05) is 25.4 Å². The van der Waals surface area contributed by atoms with Crippen molar-refractivity contribution in [2.24, 2.45) is 0 Å². The van der Waals surface area contributed by atoms with Crippen LogP contribution in [0.15, 0.2) is 0 Å². The molecule has 0 atom stereocenters. The van der Waals surface area contributed by atoms with E-state index in [1.165, 1.54) is 11.8 Å². The SMILES string of the molecule is CCN(CC)CCSC(=O)OC(C)C. The van der Waals surface area contributed by atoms with Gasteiger partial charge in [-0.3, -0.25) is 0 Å². The second-order valence-corrected chi connectivity index (χ2v) is 4.32. The molecule has 0 aromatic heterocycles. The maximum absolute atomic E-state index is 11.1. The zero-order valence-electron chi connectivity index (χ0n) is 9.58. The summed E-state index contributed by atoms with van der Waals surface area (Å²) in [4.78, 5) is 13.4. The van der Waals surface area contributed by atoms with Gasteiger partial charge in [0.05, 0.1) is 6.10 Å². The highest BCUT2D eigenvalue weighted by molar-refractivity contribution is 8.13. The van der Waals surface area contributed by atoms with Crippen molar-refractivity contribution in [2.45, 2.75) is 33.8 Å². The van der Waals surface area contributed by atoms with E-state index >= 15 is 0 Å². The van der Waals surface area contributed by atoms with Crippen molar-refractivity contribution in [3.8, 4) is 0 Å². The Morgan fingerprint density at radius 1 is 1.36 bits per heavy atom. The lowest BCUT2D eigenvalue weighted by Crippen LogP contribution is -2.25. The highest BCUT2D eigenvalue weighted by Gasteiger charge is 2.06. The molecule has 0 unspecified atom stereocenters. The molecule has 0 fully saturated rings. The highest BCUT2D eigenvalue weighted by atomic mass is 32.2. The lowest BCUT2D eigenvalue weighted by molar-refractivity contribution is 0.142. The lowest BCUT2D eigenvalue weighted by atomic mass is 10.5. The molecule has 0 rings (SSSR count). The van der Waals surface area contributed by atoms with Crippen LogP contribution in [0, 0.1) is 0 Å². The number of carbonyl (C=O) groups is 1. The molecule has 4 heteroatoms. The van der Waals surface area contributed by atoms with Crippen LogP contribution in [0.4, 0.5) is 4.79 Å². The number of ether oxygens (including phenoxy) is 1. The molecule has 0 aliphatic heterocycles. The van der Waals surface area contributed by atoms with Gasteiger partial charge in [0.25, 0.3) is 0 Å². The van der Waals surface area contributed by atoms with E-state index in [2.05, 4.69) is 18.7 Å². The molecule has 3 nitrogen and oxygen atoms in total. The molecule has 0 spiro atoms. The van der Waals surface area contributed by atoms with E-state index in [0.29, 0.717) is 0 Å². The van der Waals surface area contributed by atoms with Gasteiger partial charge in [-0.1, -0.05) is 13.8 Å². The predicted molar refractivity (Wildman–Crippen MR) is 61.9 cm³/mol. The third-order valence-electron chi connectivity index (χ3n) is 1.85. The zero-order chi connectivity index (χ0) is 11.0. The van der Waals surface area contributed by atoms with Gasteiger partial charge in [0.1, 0.15) is 0 Å². The molecule has 0 aliphatic rings. The standard InChI is InChI=1S/C10H21NO2S/c1-5-11(6-2)7-8-14-10(12)13-9(3)4/h9H,5-8H2,1-4H3. The number of nitrogens with zero attached hydrogens (tertiary/aromatic N) is 1. The number of hydrogen-bond acceptors (Lipinski definition) is 4. The summed E-state index contributed by atoms with van der Waals surface area (Å²) in [6.45, 7) is 11.0. The van der Waals surface area contributed by atoms with E-state index in [1.54, 1.807) is 0 Å². The zero-order valence-corrected chi connectivity index (χ0v) is 10.4. The Morgan fingerprint density at radius 3 is 2.36 bits per heavy atom. The minimum absolute atomic E-state index is 0.0107. The minimum Gasteiger partial charge on any atom is -0.455 e. The molecule has 0 radical (unpaired) electrons. The van der Waals surface area contributed by atoms with Gasteiger partial charge in [-0.05, 0) is 38.7 Å². The van der Waals surface area contributed by atoms with Crippen molar-refractivity contribution in [3.05, 3.63) is 0 Å². The quantitative estimate of drug-likeness (QED) is 0.642. The molecular weight excluding hydrogens is 198 g/mol. The van der Waals surface area contributed by atoms with Crippen LogP contribution in [0.2, 0.25) is 0 Å². The number of hydrogen-bond donors (Lipinski definition) is 0. The summed E-state index contributed by atoms with van der Waals surface area (Å²) in [5.41, 5.74) is 0. The molecule has 0 aromatic rings. The van der Waals surface area contributed by atoms with Crippen LogP contribution in [0.3, 0.4) is 0 Å². The van der Waals surface area contributed by atoms with Crippen molar-refractivity contribution < 1.29 is 9.53 Å². The molecule has 0 bridgehead atoms. The first-order chi connectivity index (χ1) is 6.60. The van der Waals surface area contributed by atoms with Crippen LogP contribution < -0.4 is 0 Å². The van der Waals surface area contributed by atoms with Crippen LogP contribution in [0.5, 0.6) is 0 Å². The molecule has 0 aliphatic carbocycles. The molecule has 14 heavy (non-hydrogen) atoms. The van der Waals surface area contributed by atoms with Gasteiger partial charge in [-0.25, -0.2) is 4.79 Å². The van der Waals surface area contributed by atoms with Crippen molar-refractivity contribution in [1.82, 2.24) is 4.90 Å². The average molecular weight is 219 g/mol. The van der Waals surface area contributed by atoms with Crippen LogP contribution in [-0.4, -0.2) is 41.7 Å². The van der Waals surface area contributed by atoms with Gasteiger partial charge in [0.15, 0.2) is 0 Å². The monoisotopic (exact) mass is 219 g/mol. The lowest BCUT2D eigenvalue weighted by Gasteiger charge is -2.17. The normalized spacial score (nSPS) is 11.0. The summed E-state index contributed by atoms with van der Waals surface area (Å²) >= 11 is 1.26. The first kappa shape index (κ1) is 13.8. The summed E-state index contributed by atoms with van der Waals surface area (Å²) in [5.74, 6) is 0.813. The number of carbonyl (C=O) groups excluding carboxylic acids is 1. The summed E-state index contributed by atoms with van der Waals surface area (Å²) in [6.07, 6.45) is -0.0107. The van der Waals surface area contributed by atoms with Crippen molar-refractivity contribution in [1.29, 1.82) is 0 Å². The number of rotatable bonds is 6. The third-order valence-corrected chi connectivity index (χ3v) is 2.57. The molecule has 0 saturated heterocycles. The third kappa shape index (κ3) is 7.21. The predicted octanol–water partition coefficient (Wildman–Crippen LogP) is 2.61. The highest BCUT2D eigenvalue weighted by Crippen LogP contribution is 2.07. The van der Waals surface area contributed by atoms with E-state index in [9.17, 15) is 4.79 Å². The fourth-order valence-electron chi connectivity index (χ4n) is 1.02. The fraction of sp³-hybridized carbons (Fsp3) is 0.900. The average Bonchev–Trinajstić information content (AvgIpc) is 2.11. The van der Waals surface area contributed by atoms with Crippen LogP contribution >= 0.6 is 11.8 Å². The van der Waals surface area contributed by atoms with E-state index < -0.39 is 0 Å². The van der Waals surface area contributed by atoms with Gasteiger partial charge in [-0.15, -0.1) is 0 Å². The second kappa shape index (κ2) is 8.12. The van der Waals surface area contributed by atoms with E-state index in [4.69, 9.17) is 4.74 Å². The Morgan fingerprint density at radius 2 is 1.93 bits per heavy atom. The summed E-state index contributed by atoms with van der Waals surface area (Å²) in [7, 11) is 0. The minimum atomic E-state index is -0.160.